The summed E-state index contributed by atoms with van der Waals surface area (Å²) < 4.78 is 11.1. The number of rotatable bonds is 10. The van der Waals surface area contributed by atoms with E-state index < -0.39 is 0 Å². The highest BCUT2D eigenvalue weighted by atomic mass is 32.1. The summed E-state index contributed by atoms with van der Waals surface area (Å²) in [6.07, 6.45) is 4.02. The summed E-state index contributed by atoms with van der Waals surface area (Å²) in [5.41, 5.74) is 0.489. The topological polar surface area (TPSA) is 73.3 Å². The molecule has 0 atom stereocenters. The van der Waals surface area contributed by atoms with Gasteiger partial charge in [-0.15, -0.1) is 10.2 Å². The SMILES string of the molecule is CCCCc1nnc(NC(=O)c2ccc(OCCC(C)C)c(OC)c2)s1. The van der Waals surface area contributed by atoms with Crippen molar-refractivity contribution in [1.82, 2.24) is 10.2 Å². The smallest absolute Gasteiger partial charge is 0.257 e. The van der Waals surface area contributed by atoms with Gasteiger partial charge in [0.05, 0.1) is 13.7 Å². The Balaban J connectivity index is 2.00. The Morgan fingerprint density at radius 3 is 2.77 bits per heavy atom. The maximum atomic E-state index is 12.5. The number of ether oxygens (including phenoxy) is 2. The lowest BCUT2D eigenvalue weighted by Crippen LogP contribution is -2.12. The van der Waals surface area contributed by atoms with Crippen molar-refractivity contribution in [3.05, 3.63) is 28.8 Å². The molecule has 1 heterocycles. The number of nitrogens with one attached hydrogen (secondary N) is 1. The Hall–Kier alpha value is -2.15. The fourth-order valence-electron chi connectivity index (χ4n) is 2.24. The van der Waals surface area contributed by atoms with Crippen LogP contribution in [0.3, 0.4) is 0 Å². The maximum absolute atomic E-state index is 12.5. The second-order valence-corrected chi connectivity index (χ2v) is 7.52. The molecule has 2 aromatic rings. The highest BCUT2D eigenvalue weighted by Gasteiger charge is 2.14. The van der Waals surface area contributed by atoms with E-state index >= 15 is 0 Å². The van der Waals surface area contributed by atoms with Gasteiger partial charge in [-0.2, -0.15) is 0 Å². The maximum Gasteiger partial charge on any atom is 0.257 e. The zero-order valence-electron chi connectivity index (χ0n) is 15.9. The highest BCUT2D eigenvalue weighted by Crippen LogP contribution is 2.29. The van der Waals surface area contributed by atoms with E-state index in [2.05, 4.69) is 36.3 Å². The fourth-order valence-corrected chi connectivity index (χ4v) is 3.01. The number of anilines is 1. The molecule has 0 aliphatic heterocycles. The Kier molecular flexibility index (Phi) is 7.84. The van der Waals surface area contributed by atoms with Gasteiger partial charge < -0.3 is 9.47 Å². The van der Waals surface area contributed by atoms with Crippen LogP contribution in [0, 0.1) is 5.92 Å². The number of benzene rings is 1. The zero-order valence-corrected chi connectivity index (χ0v) is 16.7. The van der Waals surface area contributed by atoms with E-state index in [-0.39, 0.29) is 5.91 Å². The first kappa shape index (κ1) is 20.2. The lowest BCUT2D eigenvalue weighted by atomic mass is 10.1. The number of carbonyl (C=O) groups excluding carboxylic acids is 1. The van der Waals surface area contributed by atoms with E-state index in [1.54, 1.807) is 25.3 Å². The first-order valence-electron chi connectivity index (χ1n) is 8.98. The summed E-state index contributed by atoms with van der Waals surface area (Å²) in [6.45, 7) is 7.04. The predicted molar refractivity (Wildman–Crippen MR) is 104 cm³/mol. The standard InChI is InChI=1S/C19H27N3O3S/c1-5-6-7-17-21-22-19(26-17)20-18(23)14-8-9-15(16(12-14)24-4)25-11-10-13(2)3/h8-9,12-13H,5-7,10-11H2,1-4H3,(H,20,22,23). The number of aryl methyl sites for hydroxylation is 1. The second-order valence-electron chi connectivity index (χ2n) is 6.46. The molecule has 0 fully saturated rings. The van der Waals surface area contributed by atoms with Gasteiger partial charge in [-0.25, -0.2) is 0 Å². The Morgan fingerprint density at radius 1 is 1.27 bits per heavy atom. The van der Waals surface area contributed by atoms with Crippen molar-refractivity contribution in [1.29, 1.82) is 0 Å². The molecule has 142 valence electrons. The molecule has 0 saturated carbocycles. The van der Waals surface area contributed by atoms with Crippen LogP contribution in [-0.2, 0) is 6.42 Å². The van der Waals surface area contributed by atoms with Gasteiger partial charge in [0.25, 0.3) is 5.91 Å². The molecule has 0 unspecified atom stereocenters. The summed E-state index contributed by atoms with van der Waals surface area (Å²) in [7, 11) is 1.57. The van der Waals surface area contributed by atoms with Crippen molar-refractivity contribution >= 4 is 22.4 Å². The number of hydrogen-bond donors (Lipinski definition) is 1. The summed E-state index contributed by atoms with van der Waals surface area (Å²) in [5.74, 6) is 1.51. The van der Waals surface area contributed by atoms with Crippen LogP contribution in [-0.4, -0.2) is 29.8 Å². The van der Waals surface area contributed by atoms with Crippen molar-refractivity contribution in [3.8, 4) is 11.5 Å². The molecule has 1 N–H and O–H groups in total. The van der Waals surface area contributed by atoms with Gasteiger partial charge in [-0.1, -0.05) is 38.5 Å². The molecule has 6 nitrogen and oxygen atoms in total. The van der Waals surface area contributed by atoms with E-state index in [4.69, 9.17) is 9.47 Å². The molecule has 7 heteroatoms. The van der Waals surface area contributed by atoms with Crippen LogP contribution in [0.2, 0.25) is 0 Å². The number of carbonyl (C=O) groups is 1. The van der Waals surface area contributed by atoms with Gasteiger partial charge in [-0.3, -0.25) is 10.1 Å². The van der Waals surface area contributed by atoms with Gasteiger partial charge in [0.15, 0.2) is 11.5 Å². The summed E-state index contributed by atoms with van der Waals surface area (Å²) in [4.78, 5) is 12.5. The van der Waals surface area contributed by atoms with E-state index in [0.717, 1.165) is 30.7 Å². The zero-order chi connectivity index (χ0) is 18.9. The Bertz CT molecular complexity index is 716. The average molecular weight is 378 g/mol. The third-order valence-corrected chi connectivity index (χ3v) is 4.71. The number of unbranched alkanes of at least 4 members (excludes halogenated alkanes) is 1. The Labute approximate surface area is 158 Å². The summed E-state index contributed by atoms with van der Waals surface area (Å²) in [6, 6.07) is 5.17. The van der Waals surface area contributed by atoms with Crippen LogP contribution in [0.1, 0.15) is 55.4 Å². The van der Waals surface area contributed by atoms with Crippen LogP contribution >= 0.6 is 11.3 Å². The van der Waals surface area contributed by atoms with E-state index in [9.17, 15) is 4.79 Å². The largest absolute Gasteiger partial charge is 0.493 e. The molecule has 2 rings (SSSR count). The number of amides is 1. The average Bonchev–Trinajstić information content (AvgIpc) is 3.07. The molecular formula is C19H27N3O3S. The van der Waals surface area contributed by atoms with Crippen molar-refractivity contribution in [3.63, 3.8) is 0 Å². The minimum atomic E-state index is -0.241. The van der Waals surface area contributed by atoms with E-state index in [0.29, 0.717) is 34.7 Å². The van der Waals surface area contributed by atoms with Gasteiger partial charge in [0.2, 0.25) is 5.13 Å². The molecule has 0 radical (unpaired) electrons. The molecule has 26 heavy (non-hydrogen) atoms. The second kappa shape index (κ2) is 10.1. The minimum absolute atomic E-state index is 0.241. The van der Waals surface area contributed by atoms with Crippen molar-refractivity contribution in [2.24, 2.45) is 5.92 Å². The van der Waals surface area contributed by atoms with Gasteiger partial charge >= 0.3 is 0 Å². The van der Waals surface area contributed by atoms with E-state index in [1.165, 1.54) is 11.3 Å². The quantitative estimate of drug-likeness (QED) is 0.657. The molecule has 1 aromatic heterocycles. The predicted octanol–water partition coefficient (Wildman–Crippen LogP) is 4.57. The molecule has 0 aliphatic rings. The number of methoxy groups -OCH3 is 1. The first-order chi connectivity index (χ1) is 12.5. The minimum Gasteiger partial charge on any atom is -0.493 e. The van der Waals surface area contributed by atoms with Crippen molar-refractivity contribution < 1.29 is 14.3 Å². The highest BCUT2D eigenvalue weighted by molar-refractivity contribution is 7.15. The molecule has 0 saturated heterocycles. The van der Waals surface area contributed by atoms with Crippen LogP contribution in [0.4, 0.5) is 5.13 Å². The molecule has 1 aromatic carbocycles. The molecule has 0 bridgehead atoms. The van der Waals surface area contributed by atoms with Gasteiger partial charge in [0, 0.05) is 12.0 Å². The molecule has 1 amide bonds. The molecular weight excluding hydrogens is 350 g/mol. The number of aromatic nitrogens is 2. The fraction of sp³-hybridized carbons (Fsp3) is 0.526. The molecule has 0 spiro atoms. The lowest BCUT2D eigenvalue weighted by Gasteiger charge is -2.12. The van der Waals surface area contributed by atoms with Crippen LogP contribution in [0.5, 0.6) is 11.5 Å². The van der Waals surface area contributed by atoms with E-state index in [1.807, 2.05) is 0 Å². The third kappa shape index (κ3) is 5.98. The van der Waals surface area contributed by atoms with Gasteiger partial charge in [0.1, 0.15) is 5.01 Å². The lowest BCUT2D eigenvalue weighted by molar-refractivity contribution is 0.102. The van der Waals surface area contributed by atoms with Crippen molar-refractivity contribution in [2.75, 3.05) is 19.0 Å². The van der Waals surface area contributed by atoms with Crippen LogP contribution in [0.25, 0.3) is 0 Å². The Morgan fingerprint density at radius 2 is 2.08 bits per heavy atom. The number of nitrogens with zero attached hydrogens (tertiary/aromatic N) is 2. The van der Waals surface area contributed by atoms with Crippen LogP contribution < -0.4 is 14.8 Å². The van der Waals surface area contributed by atoms with Crippen LogP contribution in [0.15, 0.2) is 18.2 Å². The molecule has 0 aliphatic carbocycles. The third-order valence-electron chi connectivity index (χ3n) is 3.81. The normalized spacial score (nSPS) is 10.8. The summed E-state index contributed by atoms with van der Waals surface area (Å²) in [5, 5.41) is 12.4. The monoisotopic (exact) mass is 377 g/mol. The first-order valence-corrected chi connectivity index (χ1v) is 9.79. The summed E-state index contributed by atoms with van der Waals surface area (Å²) >= 11 is 1.41. The van der Waals surface area contributed by atoms with Gasteiger partial charge in [-0.05, 0) is 37.0 Å². The van der Waals surface area contributed by atoms with Crippen molar-refractivity contribution in [2.45, 2.75) is 46.5 Å². The number of hydrogen-bond acceptors (Lipinski definition) is 6.